The Kier molecular flexibility index (Phi) is 3.02. The van der Waals surface area contributed by atoms with Gasteiger partial charge in [-0.05, 0) is 35.0 Å². The molecule has 0 spiro atoms. The Balaban J connectivity index is 2.43. The van der Waals surface area contributed by atoms with E-state index in [0.717, 1.165) is 43.4 Å². The van der Waals surface area contributed by atoms with E-state index in [1.165, 1.54) is 0 Å². The van der Waals surface area contributed by atoms with E-state index in [0.29, 0.717) is 11.5 Å². The second-order valence-corrected chi connectivity index (χ2v) is 5.59. The first-order chi connectivity index (χ1) is 11.7. The van der Waals surface area contributed by atoms with Crippen LogP contribution in [0.2, 0.25) is 0 Å². The summed E-state index contributed by atoms with van der Waals surface area (Å²) in [6, 6.07) is 11.9. The van der Waals surface area contributed by atoms with Gasteiger partial charge in [0.2, 0.25) is 0 Å². The minimum absolute atomic E-state index is 0.708. The van der Waals surface area contributed by atoms with Crippen LogP contribution in [-0.2, 0) is 0 Å². The van der Waals surface area contributed by atoms with Crippen molar-refractivity contribution in [3.63, 3.8) is 0 Å². The molecule has 0 N–H and O–H groups in total. The Morgan fingerprint density at radius 3 is 1.33 bits per heavy atom. The number of hydrogen-bond acceptors (Lipinski definition) is 2. The van der Waals surface area contributed by atoms with Crippen LogP contribution in [-0.4, -0.2) is 14.2 Å². The molecule has 0 saturated heterocycles. The highest BCUT2D eigenvalue weighted by Gasteiger charge is 2.20. The van der Waals surface area contributed by atoms with Gasteiger partial charge in [0.05, 0.1) is 14.2 Å². The zero-order valence-corrected chi connectivity index (χ0v) is 13.4. The van der Waals surface area contributed by atoms with Crippen molar-refractivity contribution in [3.05, 3.63) is 47.5 Å². The van der Waals surface area contributed by atoms with E-state index in [1.807, 2.05) is 36.4 Å². The average molecular weight is 310 g/mol. The predicted molar refractivity (Wildman–Crippen MR) is 99.1 cm³/mol. The Morgan fingerprint density at radius 2 is 1.00 bits per heavy atom. The van der Waals surface area contributed by atoms with Gasteiger partial charge in [-0.25, -0.2) is 0 Å². The van der Waals surface area contributed by atoms with Gasteiger partial charge in [-0.3, -0.25) is 0 Å². The molecule has 0 aliphatic carbocycles. The van der Waals surface area contributed by atoms with Crippen molar-refractivity contribution < 1.29 is 9.47 Å². The molecule has 0 heterocycles. The Hall–Kier alpha value is -3.36. The molecular weight excluding hydrogens is 296 g/mol. The molecule has 0 aromatic heterocycles. The van der Waals surface area contributed by atoms with Gasteiger partial charge in [-0.15, -0.1) is 12.8 Å². The van der Waals surface area contributed by atoms with Crippen molar-refractivity contribution in [3.8, 4) is 36.2 Å². The number of hydrogen-bond donors (Lipinski definition) is 0. The molecule has 0 aliphatic rings. The number of methoxy groups -OCH3 is 2. The van der Waals surface area contributed by atoms with E-state index in [4.69, 9.17) is 22.3 Å². The standard InChI is InChI=1S/C22H14O2/c1-5-13-7-9-17-19-15(13)11-12-16-14(6-2)8-10-18(20(16)19)22(24-4)21(17)23-3/h1-2,7-12H,3-4H3. The largest absolute Gasteiger partial charge is 0.492 e. The van der Waals surface area contributed by atoms with Gasteiger partial charge in [-0.1, -0.05) is 24.0 Å². The van der Waals surface area contributed by atoms with Gasteiger partial charge < -0.3 is 9.47 Å². The average Bonchev–Trinajstić information content (AvgIpc) is 2.64. The van der Waals surface area contributed by atoms with Crippen LogP contribution in [0.4, 0.5) is 0 Å². The lowest BCUT2D eigenvalue weighted by atomic mass is 9.89. The molecule has 4 rings (SSSR count). The molecule has 0 amide bonds. The minimum atomic E-state index is 0.708. The first-order valence-electron chi connectivity index (χ1n) is 7.53. The summed E-state index contributed by atoms with van der Waals surface area (Å²) in [5, 5.41) is 6.09. The Morgan fingerprint density at radius 1 is 0.625 bits per heavy atom. The summed E-state index contributed by atoms with van der Waals surface area (Å²) in [5.41, 5.74) is 1.70. The quantitative estimate of drug-likeness (QED) is 0.399. The third kappa shape index (κ3) is 1.63. The molecule has 114 valence electrons. The lowest BCUT2D eigenvalue weighted by molar-refractivity contribution is 0.362. The molecule has 0 radical (unpaired) electrons. The lowest BCUT2D eigenvalue weighted by Crippen LogP contribution is -1.97. The molecule has 0 bridgehead atoms. The van der Waals surface area contributed by atoms with Crippen LogP contribution in [0.3, 0.4) is 0 Å². The number of benzene rings is 4. The molecule has 0 atom stereocenters. The van der Waals surface area contributed by atoms with E-state index in [1.54, 1.807) is 14.2 Å². The van der Waals surface area contributed by atoms with Gasteiger partial charge in [-0.2, -0.15) is 0 Å². The molecule has 4 aromatic carbocycles. The van der Waals surface area contributed by atoms with Gasteiger partial charge in [0.15, 0.2) is 11.5 Å². The first kappa shape index (κ1) is 14.2. The Bertz CT molecular complexity index is 1090. The van der Waals surface area contributed by atoms with Crippen molar-refractivity contribution in [1.82, 2.24) is 0 Å². The summed E-state index contributed by atoms with van der Waals surface area (Å²) in [5.74, 6) is 6.94. The van der Waals surface area contributed by atoms with Crippen LogP contribution in [0.1, 0.15) is 11.1 Å². The number of terminal acetylenes is 2. The van der Waals surface area contributed by atoms with Crippen LogP contribution < -0.4 is 9.47 Å². The summed E-state index contributed by atoms with van der Waals surface area (Å²) < 4.78 is 11.3. The fourth-order valence-corrected chi connectivity index (χ4v) is 3.57. The fraction of sp³-hybridized carbons (Fsp3) is 0.0909. The van der Waals surface area contributed by atoms with E-state index >= 15 is 0 Å². The molecule has 2 heteroatoms. The van der Waals surface area contributed by atoms with Crippen molar-refractivity contribution in [2.45, 2.75) is 0 Å². The van der Waals surface area contributed by atoms with Crippen molar-refractivity contribution in [2.75, 3.05) is 14.2 Å². The second-order valence-electron chi connectivity index (χ2n) is 5.59. The van der Waals surface area contributed by atoms with Gasteiger partial charge in [0, 0.05) is 32.7 Å². The zero-order valence-electron chi connectivity index (χ0n) is 13.4. The van der Waals surface area contributed by atoms with Crippen LogP contribution in [0.25, 0.3) is 32.3 Å². The normalized spacial score (nSPS) is 10.8. The van der Waals surface area contributed by atoms with Crippen molar-refractivity contribution >= 4 is 32.3 Å². The predicted octanol–water partition coefficient (Wildman–Crippen LogP) is 4.56. The first-order valence-corrected chi connectivity index (χ1v) is 7.53. The molecule has 0 saturated carbocycles. The minimum Gasteiger partial charge on any atom is -0.492 e. The van der Waals surface area contributed by atoms with E-state index in [-0.39, 0.29) is 0 Å². The molecule has 0 unspecified atom stereocenters. The van der Waals surface area contributed by atoms with E-state index in [2.05, 4.69) is 11.8 Å². The molecule has 0 fully saturated rings. The number of ether oxygens (including phenoxy) is 2. The van der Waals surface area contributed by atoms with Gasteiger partial charge in [0.25, 0.3) is 0 Å². The summed E-state index contributed by atoms with van der Waals surface area (Å²) >= 11 is 0. The number of rotatable bonds is 2. The van der Waals surface area contributed by atoms with E-state index in [9.17, 15) is 0 Å². The summed E-state index contributed by atoms with van der Waals surface area (Å²) in [6.07, 6.45) is 11.4. The summed E-state index contributed by atoms with van der Waals surface area (Å²) in [6.45, 7) is 0. The maximum Gasteiger partial charge on any atom is 0.169 e. The third-order valence-corrected chi connectivity index (χ3v) is 4.57. The highest BCUT2D eigenvalue weighted by molar-refractivity contribution is 6.28. The summed E-state index contributed by atoms with van der Waals surface area (Å²) in [7, 11) is 3.30. The van der Waals surface area contributed by atoms with Gasteiger partial charge in [0.1, 0.15) is 0 Å². The molecule has 4 aromatic rings. The Labute approximate surface area is 140 Å². The van der Waals surface area contributed by atoms with Crippen LogP contribution >= 0.6 is 0 Å². The third-order valence-electron chi connectivity index (χ3n) is 4.57. The van der Waals surface area contributed by atoms with Crippen molar-refractivity contribution in [1.29, 1.82) is 0 Å². The molecular formula is C22H14O2. The highest BCUT2D eigenvalue weighted by Crippen LogP contribution is 2.48. The maximum absolute atomic E-state index is 5.69. The van der Waals surface area contributed by atoms with Gasteiger partial charge >= 0.3 is 0 Å². The monoisotopic (exact) mass is 310 g/mol. The van der Waals surface area contributed by atoms with E-state index < -0.39 is 0 Å². The highest BCUT2D eigenvalue weighted by atomic mass is 16.5. The lowest BCUT2D eigenvalue weighted by Gasteiger charge is -2.19. The van der Waals surface area contributed by atoms with Crippen LogP contribution in [0, 0.1) is 24.7 Å². The zero-order chi connectivity index (χ0) is 16.8. The smallest absolute Gasteiger partial charge is 0.169 e. The molecule has 24 heavy (non-hydrogen) atoms. The molecule has 0 aliphatic heterocycles. The van der Waals surface area contributed by atoms with Crippen LogP contribution in [0.5, 0.6) is 11.5 Å². The fourth-order valence-electron chi connectivity index (χ4n) is 3.57. The summed E-state index contributed by atoms with van der Waals surface area (Å²) in [4.78, 5) is 0. The van der Waals surface area contributed by atoms with Crippen LogP contribution in [0.15, 0.2) is 36.4 Å². The second kappa shape index (κ2) is 5.08. The SMILES string of the molecule is C#Cc1ccc2c(OC)c(OC)c3ccc(C#C)c4ccc1c2c43. The molecule has 2 nitrogen and oxygen atoms in total. The topological polar surface area (TPSA) is 18.5 Å². The van der Waals surface area contributed by atoms with Crippen molar-refractivity contribution in [2.24, 2.45) is 0 Å². The maximum atomic E-state index is 5.69.